The lowest BCUT2D eigenvalue weighted by atomic mass is 10.6. The molecule has 0 aliphatic carbocycles. The van der Waals surface area contributed by atoms with E-state index in [0.717, 1.165) is 0 Å². The Labute approximate surface area is 86.4 Å². The van der Waals surface area contributed by atoms with Gasteiger partial charge >= 0.3 is 8.56 Å². The Morgan fingerprint density at radius 2 is 1.43 bits per heavy atom. The van der Waals surface area contributed by atoms with E-state index in [4.69, 9.17) is 18.3 Å². The Morgan fingerprint density at radius 1 is 1.00 bits per heavy atom. The smallest absolute Gasteiger partial charge is 0.391 e. The molecule has 0 aliphatic heterocycles. The summed E-state index contributed by atoms with van der Waals surface area (Å²) in [5, 5.41) is 0. The van der Waals surface area contributed by atoms with Gasteiger partial charge in [0.1, 0.15) is 0 Å². The molecule has 82 valence electrons. The molecule has 0 saturated heterocycles. The maximum Gasteiger partial charge on any atom is 0.430 e. The van der Waals surface area contributed by atoms with Crippen molar-refractivity contribution in [2.24, 2.45) is 0 Å². The van der Waals surface area contributed by atoms with Gasteiger partial charge in [0, 0.05) is 28.4 Å². The fourth-order valence-electron chi connectivity index (χ4n) is 1.35. The van der Waals surface area contributed by atoms with Crippen LogP contribution in [0.5, 0.6) is 0 Å². The summed E-state index contributed by atoms with van der Waals surface area (Å²) >= 11 is 0. The van der Waals surface area contributed by atoms with Gasteiger partial charge in [-0.1, -0.05) is 6.58 Å². The van der Waals surface area contributed by atoms with Crippen molar-refractivity contribution in [2.75, 3.05) is 28.4 Å². The van der Waals surface area contributed by atoms with Gasteiger partial charge in [0.2, 0.25) is 5.41 Å². The van der Waals surface area contributed by atoms with E-state index >= 15 is 0 Å². The molecule has 0 aromatic rings. The summed E-state index contributed by atoms with van der Waals surface area (Å²) in [7, 11) is 3.29. The minimum atomic E-state index is -2.80. The minimum Gasteiger partial charge on any atom is -0.391 e. The summed E-state index contributed by atoms with van der Waals surface area (Å²) in [5.41, 5.74) is 0.528. The van der Waals surface area contributed by atoms with E-state index in [1.165, 1.54) is 34.5 Å². The largest absolute Gasteiger partial charge is 0.430 e. The molecule has 5 heteroatoms. The third-order valence-electron chi connectivity index (χ3n) is 2.24. The maximum atomic E-state index is 5.35. The van der Waals surface area contributed by atoms with Crippen molar-refractivity contribution in [3.05, 3.63) is 24.9 Å². The van der Waals surface area contributed by atoms with E-state index in [1.54, 1.807) is 5.70 Å². The van der Waals surface area contributed by atoms with Crippen molar-refractivity contribution in [3.8, 4) is 0 Å². The molecule has 0 aromatic heterocycles. The Bertz CT molecular complexity index is 175. The van der Waals surface area contributed by atoms with E-state index < -0.39 is 14.0 Å². The Kier molecular flexibility index (Phi) is 5.25. The molecule has 0 heterocycles. The SMILES string of the molecule is C=CC(OC)(OC)[Si](C=C)(OC)OC. The lowest BCUT2D eigenvalue weighted by molar-refractivity contribution is -0.136. The summed E-state index contributed by atoms with van der Waals surface area (Å²) in [5.74, 6) is 0. The highest BCUT2D eigenvalue weighted by atomic mass is 28.4. The van der Waals surface area contributed by atoms with Crippen LogP contribution in [-0.2, 0) is 18.3 Å². The first-order valence-corrected chi connectivity index (χ1v) is 5.99. The molecule has 0 fully saturated rings. The van der Waals surface area contributed by atoms with Crippen LogP contribution in [0.3, 0.4) is 0 Å². The normalized spacial score (nSPS) is 12.6. The van der Waals surface area contributed by atoms with Crippen LogP contribution in [0.2, 0.25) is 0 Å². The summed E-state index contributed by atoms with van der Waals surface area (Å²) in [6.07, 6.45) is 1.52. The molecule has 0 radical (unpaired) electrons. The van der Waals surface area contributed by atoms with Crippen LogP contribution >= 0.6 is 0 Å². The molecule has 0 saturated carbocycles. The monoisotopic (exact) mass is 218 g/mol. The number of methoxy groups -OCH3 is 2. The van der Waals surface area contributed by atoms with E-state index in [-0.39, 0.29) is 0 Å². The fraction of sp³-hybridized carbons (Fsp3) is 0.556. The van der Waals surface area contributed by atoms with Gasteiger partial charge in [0.25, 0.3) is 0 Å². The zero-order chi connectivity index (χ0) is 11.2. The molecule has 0 spiro atoms. The quantitative estimate of drug-likeness (QED) is 0.365. The molecular weight excluding hydrogens is 200 g/mol. The van der Waals surface area contributed by atoms with Gasteiger partial charge < -0.3 is 18.3 Å². The predicted octanol–water partition coefficient (Wildman–Crippen LogP) is 1.16. The van der Waals surface area contributed by atoms with Gasteiger partial charge in [0.05, 0.1) is 0 Å². The van der Waals surface area contributed by atoms with E-state index in [9.17, 15) is 0 Å². The number of hydrogen-bond acceptors (Lipinski definition) is 4. The predicted molar refractivity (Wildman–Crippen MR) is 56.9 cm³/mol. The number of hydrogen-bond donors (Lipinski definition) is 0. The Balaban J connectivity index is 5.29. The van der Waals surface area contributed by atoms with E-state index in [0.29, 0.717) is 0 Å². The van der Waals surface area contributed by atoms with Crippen molar-refractivity contribution in [2.45, 2.75) is 5.41 Å². The Morgan fingerprint density at radius 3 is 1.50 bits per heavy atom. The zero-order valence-corrected chi connectivity index (χ0v) is 10.2. The number of ether oxygens (including phenoxy) is 2. The second kappa shape index (κ2) is 5.43. The lowest BCUT2D eigenvalue weighted by Crippen LogP contribution is -2.62. The summed E-state index contributed by atoms with van der Waals surface area (Å²) in [4.78, 5) is 0. The topological polar surface area (TPSA) is 36.9 Å². The molecule has 0 rings (SSSR count). The summed E-state index contributed by atoms with van der Waals surface area (Å²) in [6, 6.07) is 0. The third kappa shape index (κ3) is 1.82. The average molecular weight is 218 g/mol. The molecular formula is C9H18O4Si. The molecule has 14 heavy (non-hydrogen) atoms. The fourth-order valence-corrected chi connectivity index (χ4v) is 3.56. The van der Waals surface area contributed by atoms with Crippen LogP contribution in [0.15, 0.2) is 24.9 Å². The molecule has 0 aromatic carbocycles. The van der Waals surface area contributed by atoms with Crippen molar-refractivity contribution in [1.82, 2.24) is 0 Å². The second-order valence-electron chi connectivity index (χ2n) is 2.56. The van der Waals surface area contributed by atoms with Gasteiger partial charge in [-0.25, -0.2) is 0 Å². The van der Waals surface area contributed by atoms with E-state index in [1.807, 2.05) is 0 Å². The van der Waals surface area contributed by atoms with Crippen molar-refractivity contribution >= 4 is 8.56 Å². The van der Waals surface area contributed by atoms with Crippen molar-refractivity contribution in [3.63, 3.8) is 0 Å². The van der Waals surface area contributed by atoms with Crippen LogP contribution in [0.1, 0.15) is 0 Å². The summed E-state index contributed by atoms with van der Waals surface area (Å²) < 4.78 is 21.3. The molecule has 0 aliphatic rings. The third-order valence-corrected chi connectivity index (χ3v) is 5.57. The molecule has 0 atom stereocenters. The van der Waals surface area contributed by atoms with Gasteiger partial charge in [-0.3, -0.25) is 0 Å². The van der Waals surface area contributed by atoms with Crippen molar-refractivity contribution in [1.29, 1.82) is 0 Å². The van der Waals surface area contributed by atoms with Crippen molar-refractivity contribution < 1.29 is 18.3 Å². The maximum absolute atomic E-state index is 5.35. The molecule has 0 amide bonds. The van der Waals surface area contributed by atoms with Crippen LogP contribution in [-0.4, -0.2) is 42.4 Å². The molecule has 0 N–H and O–H groups in total. The van der Waals surface area contributed by atoms with Gasteiger partial charge in [0.15, 0.2) is 0 Å². The first-order valence-electron chi connectivity index (χ1n) is 4.09. The highest BCUT2D eigenvalue weighted by Crippen LogP contribution is 2.28. The van der Waals surface area contributed by atoms with Crippen LogP contribution < -0.4 is 0 Å². The standard InChI is InChI=1S/C9H18O4Si/c1-7-9(10-3,11-4)14(8-2,12-5)13-6/h7-8H,1-2H2,3-6H3. The van der Waals surface area contributed by atoms with E-state index in [2.05, 4.69) is 13.2 Å². The highest BCUT2D eigenvalue weighted by Gasteiger charge is 2.55. The summed E-state index contributed by atoms with van der Waals surface area (Å²) in [6.45, 7) is 7.35. The van der Waals surface area contributed by atoms with Crippen LogP contribution in [0, 0.1) is 0 Å². The molecule has 4 nitrogen and oxygen atoms in total. The molecule has 0 unspecified atom stereocenters. The lowest BCUT2D eigenvalue weighted by Gasteiger charge is -2.39. The number of rotatable bonds is 7. The molecule has 0 bridgehead atoms. The van der Waals surface area contributed by atoms with Gasteiger partial charge in [-0.2, -0.15) is 0 Å². The Hall–Kier alpha value is -0.463. The highest BCUT2D eigenvalue weighted by molar-refractivity contribution is 6.75. The van der Waals surface area contributed by atoms with Crippen LogP contribution in [0.4, 0.5) is 0 Å². The second-order valence-corrected chi connectivity index (χ2v) is 5.82. The van der Waals surface area contributed by atoms with Crippen LogP contribution in [0.25, 0.3) is 0 Å². The van der Waals surface area contributed by atoms with Gasteiger partial charge in [-0.15, -0.1) is 6.58 Å². The van der Waals surface area contributed by atoms with Gasteiger partial charge in [-0.05, 0) is 11.8 Å². The first kappa shape index (κ1) is 13.5. The first-order chi connectivity index (χ1) is 6.61. The zero-order valence-electron chi connectivity index (χ0n) is 9.20. The average Bonchev–Trinajstić information content (AvgIpc) is 2.27. The minimum absolute atomic E-state index is 1.07.